The second-order valence-corrected chi connectivity index (χ2v) is 7.25. The van der Waals surface area contributed by atoms with Crippen LogP contribution in [-0.2, 0) is 10.0 Å². The SMILES string of the molecule is Cc1ccc(S(=O)(=O)N2CCCC(C)C2)cc1[N+](=O)[O-]. The van der Waals surface area contributed by atoms with Gasteiger partial charge in [-0.3, -0.25) is 10.1 Å². The van der Waals surface area contributed by atoms with Crippen molar-refractivity contribution in [3.8, 4) is 0 Å². The van der Waals surface area contributed by atoms with Crippen LogP contribution >= 0.6 is 0 Å². The lowest BCUT2D eigenvalue weighted by Crippen LogP contribution is -2.39. The summed E-state index contributed by atoms with van der Waals surface area (Å²) in [5.41, 5.74) is 0.303. The van der Waals surface area contributed by atoms with E-state index in [1.54, 1.807) is 6.92 Å². The summed E-state index contributed by atoms with van der Waals surface area (Å²) in [6, 6.07) is 4.08. The zero-order valence-corrected chi connectivity index (χ0v) is 12.4. The topological polar surface area (TPSA) is 80.5 Å². The van der Waals surface area contributed by atoms with Crippen molar-refractivity contribution in [2.75, 3.05) is 13.1 Å². The van der Waals surface area contributed by atoms with E-state index in [2.05, 4.69) is 0 Å². The zero-order chi connectivity index (χ0) is 14.9. The summed E-state index contributed by atoms with van der Waals surface area (Å²) >= 11 is 0. The summed E-state index contributed by atoms with van der Waals surface area (Å²) in [6.07, 6.45) is 1.84. The van der Waals surface area contributed by atoms with Crippen LogP contribution in [0.1, 0.15) is 25.3 Å². The number of hydrogen-bond donors (Lipinski definition) is 0. The van der Waals surface area contributed by atoms with E-state index in [9.17, 15) is 18.5 Å². The van der Waals surface area contributed by atoms with Crippen molar-refractivity contribution < 1.29 is 13.3 Å². The second-order valence-electron chi connectivity index (χ2n) is 5.32. The van der Waals surface area contributed by atoms with Gasteiger partial charge >= 0.3 is 0 Å². The summed E-state index contributed by atoms with van der Waals surface area (Å²) in [7, 11) is -3.64. The van der Waals surface area contributed by atoms with Crippen LogP contribution in [0.2, 0.25) is 0 Å². The number of sulfonamides is 1. The maximum atomic E-state index is 12.5. The minimum absolute atomic E-state index is 0.00361. The Balaban J connectivity index is 2.39. The van der Waals surface area contributed by atoms with Crippen molar-refractivity contribution >= 4 is 15.7 Å². The Labute approximate surface area is 118 Å². The molecular formula is C13H18N2O4S. The molecule has 1 aromatic carbocycles. The summed E-state index contributed by atoms with van der Waals surface area (Å²) in [4.78, 5) is 10.4. The van der Waals surface area contributed by atoms with Crippen LogP contribution in [0.15, 0.2) is 23.1 Å². The van der Waals surface area contributed by atoms with Crippen LogP contribution < -0.4 is 0 Å². The monoisotopic (exact) mass is 298 g/mol. The van der Waals surface area contributed by atoms with Crippen LogP contribution in [0.3, 0.4) is 0 Å². The summed E-state index contributed by atoms with van der Waals surface area (Å²) < 4.78 is 26.5. The third kappa shape index (κ3) is 2.83. The molecule has 1 saturated heterocycles. The normalized spacial score (nSPS) is 20.8. The molecule has 1 fully saturated rings. The van der Waals surface area contributed by atoms with Crippen molar-refractivity contribution in [2.45, 2.75) is 31.6 Å². The molecule has 0 spiro atoms. The average Bonchev–Trinajstić information content (AvgIpc) is 2.38. The van der Waals surface area contributed by atoms with Gasteiger partial charge in [0.2, 0.25) is 10.0 Å². The Kier molecular flexibility index (Phi) is 4.10. The second kappa shape index (κ2) is 5.49. The Hall–Kier alpha value is -1.47. The standard InChI is InChI=1S/C13H18N2O4S/c1-10-4-3-7-14(9-10)20(18,19)12-6-5-11(2)13(8-12)15(16)17/h5-6,8,10H,3-4,7,9H2,1-2H3. The van der Waals surface area contributed by atoms with E-state index in [0.717, 1.165) is 18.9 Å². The van der Waals surface area contributed by atoms with Gasteiger partial charge in [0.1, 0.15) is 0 Å². The molecule has 0 aromatic heterocycles. The molecule has 1 aromatic rings. The molecule has 0 radical (unpaired) electrons. The van der Waals surface area contributed by atoms with Gasteiger partial charge in [0.05, 0.1) is 9.82 Å². The van der Waals surface area contributed by atoms with Crippen molar-refractivity contribution in [2.24, 2.45) is 5.92 Å². The summed E-state index contributed by atoms with van der Waals surface area (Å²) in [6.45, 7) is 4.56. The van der Waals surface area contributed by atoms with Crippen molar-refractivity contribution in [1.82, 2.24) is 4.31 Å². The molecule has 110 valence electrons. The number of rotatable bonds is 3. The van der Waals surface area contributed by atoms with Gasteiger partial charge in [0.15, 0.2) is 0 Å². The molecule has 1 atom stereocenters. The molecule has 1 heterocycles. The Morgan fingerprint density at radius 2 is 2.10 bits per heavy atom. The predicted molar refractivity (Wildman–Crippen MR) is 75.0 cm³/mol. The van der Waals surface area contributed by atoms with E-state index in [0.29, 0.717) is 24.6 Å². The average molecular weight is 298 g/mol. The minimum Gasteiger partial charge on any atom is -0.258 e. The summed E-state index contributed by atoms with van der Waals surface area (Å²) in [5, 5.41) is 10.9. The van der Waals surface area contributed by atoms with Crippen LogP contribution in [0.5, 0.6) is 0 Å². The fraction of sp³-hybridized carbons (Fsp3) is 0.538. The number of benzene rings is 1. The number of nitro groups is 1. The fourth-order valence-electron chi connectivity index (χ4n) is 2.46. The molecule has 0 N–H and O–H groups in total. The lowest BCUT2D eigenvalue weighted by molar-refractivity contribution is -0.385. The quantitative estimate of drug-likeness (QED) is 0.633. The molecule has 6 nitrogen and oxygen atoms in total. The molecule has 1 unspecified atom stereocenters. The number of nitrogens with zero attached hydrogens (tertiary/aromatic N) is 2. The van der Waals surface area contributed by atoms with E-state index in [-0.39, 0.29) is 10.6 Å². The fourth-order valence-corrected chi connectivity index (χ4v) is 4.08. The first-order chi connectivity index (χ1) is 9.32. The van der Waals surface area contributed by atoms with Gasteiger partial charge in [0.25, 0.3) is 5.69 Å². The molecule has 0 aliphatic carbocycles. The highest BCUT2D eigenvalue weighted by molar-refractivity contribution is 7.89. The molecular weight excluding hydrogens is 280 g/mol. The molecule has 0 saturated carbocycles. The first-order valence-electron chi connectivity index (χ1n) is 6.57. The maximum Gasteiger partial charge on any atom is 0.273 e. The molecule has 7 heteroatoms. The number of hydrogen-bond acceptors (Lipinski definition) is 4. The molecule has 2 rings (SSSR count). The zero-order valence-electron chi connectivity index (χ0n) is 11.6. The van der Waals surface area contributed by atoms with Crippen LogP contribution in [0.25, 0.3) is 0 Å². The highest BCUT2D eigenvalue weighted by Crippen LogP contribution is 2.27. The number of aryl methyl sites for hydroxylation is 1. The van der Waals surface area contributed by atoms with Gasteiger partial charge in [0, 0.05) is 24.7 Å². The van der Waals surface area contributed by atoms with E-state index >= 15 is 0 Å². The van der Waals surface area contributed by atoms with Gasteiger partial charge in [-0.05, 0) is 31.7 Å². The lowest BCUT2D eigenvalue weighted by atomic mass is 10.0. The number of piperidine rings is 1. The van der Waals surface area contributed by atoms with Gasteiger partial charge in [-0.25, -0.2) is 8.42 Å². The van der Waals surface area contributed by atoms with E-state index < -0.39 is 14.9 Å². The third-order valence-corrected chi connectivity index (χ3v) is 5.50. The molecule has 20 heavy (non-hydrogen) atoms. The van der Waals surface area contributed by atoms with Crippen LogP contribution in [-0.4, -0.2) is 30.7 Å². The van der Waals surface area contributed by atoms with Crippen molar-refractivity contribution in [1.29, 1.82) is 0 Å². The Morgan fingerprint density at radius 1 is 1.40 bits per heavy atom. The largest absolute Gasteiger partial charge is 0.273 e. The smallest absolute Gasteiger partial charge is 0.258 e. The van der Waals surface area contributed by atoms with Crippen LogP contribution in [0, 0.1) is 23.0 Å². The first-order valence-corrected chi connectivity index (χ1v) is 8.01. The van der Waals surface area contributed by atoms with E-state index in [1.165, 1.54) is 16.4 Å². The van der Waals surface area contributed by atoms with Gasteiger partial charge in [-0.15, -0.1) is 0 Å². The summed E-state index contributed by atoms with van der Waals surface area (Å²) in [5.74, 6) is 0.318. The predicted octanol–water partition coefficient (Wildman–Crippen LogP) is 2.32. The van der Waals surface area contributed by atoms with Crippen LogP contribution in [0.4, 0.5) is 5.69 Å². The van der Waals surface area contributed by atoms with Gasteiger partial charge in [-0.1, -0.05) is 13.0 Å². The Morgan fingerprint density at radius 3 is 2.70 bits per heavy atom. The van der Waals surface area contributed by atoms with Crippen molar-refractivity contribution in [3.05, 3.63) is 33.9 Å². The molecule has 1 aliphatic heterocycles. The highest BCUT2D eigenvalue weighted by atomic mass is 32.2. The number of nitro benzene ring substituents is 1. The minimum atomic E-state index is -3.64. The molecule has 1 aliphatic rings. The van der Waals surface area contributed by atoms with Gasteiger partial charge < -0.3 is 0 Å². The molecule has 0 amide bonds. The first kappa shape index (κ1) is 14.9. The van der Waals surface area contributed by atoms with Gasteiger partial charge in [-0.2, -0.15) is 4.31 Å². The van der Waals surface area contributed by atoms with Crippen molar-refractivity contribution in [3.63, 3.8) is 0 Å². The highest BCUT2D eigenvalue weighted by Gasteiger charge is 2.30. The Bertz CT molecular complexity index is 627. The van der Waals surface area contributed by atoms with E-state index in [4.69, 9.17) is 0 Å². The maximum absolute atomic E-state index is 12.5. The lowest BCUT2D eigenvalue weighted by Gasteiger charge is -2.29. The third-order valence-electron chi connectivity index (χ3n) is 3.63. The van der Waals surface area contributed by atoms with E-state index in [1.807, 2.05) is 6.92 Å². The molecule has 0 bridgehead atoms.